The highest BCUT2D eigenvalue weighted by atomic mass is 35.5. The fraction of sp³-hybridized carbons (Fsp3) is 1.00. The molecule has 0 rings (SSSR count). The van der Waals surface area contributed by atoms with Gasteiger partial charge in [-0.1, -0.05) is 0 Å². The van der Waals surface area contributed by atoms with Crippen molar-refractivity contribution in [2.45, 2.75) is 35.0 Å². The molecule has 21 heavy (non-hydrogen) atoms. The zero-order chi connectivity index (χ0) is 17.7. The van der Waals surface area contributed by atoms with Gasteiger partial charge >= 0.3 is 35.0 Å². The van der Waals surface area contributed by atoms with Crippen LogP contribution < -0.4 is 0 Å². The summed E-state index contributed by atoms with van der Waals surface area (Å²) in [7, 11) is 0. The first-order valence-corrected chi connectivity index (χ1v) is 4.75. The smallest absolute Gasteiger partial charge is 0.390 e. The zero-order valence-corrected chi connectivity index (χ0v) is 9.82. The van der Waals surface area contributed by atoms with Crippen LogP contribution >= 0.6 is 11.6 Å². The number of aliphatic hydroxyl groups is 1. The Morgan fingerprint density at radius 1 is 0.571 bits per heavy atom. The van der Waals surface area contributed by atoms with Crippen molar-refractivity contribution in [3.05, 3.63) is 0 Å². The summed E-state index contributed by atoms with van der Waals surface area (Å²) in [6.07, 6.45) is 0. The third kappa shape index (κ3) is 2.62. The lowest BCUT2D eigenvalue weighted by Crippen LogP contribution is -2.70. The molecule has 1 N–H and O–H groups in total. The second-order valence-corrected chi connectivity index (χ2v) is 4.13. The Morgan fingerprint density at radius 2 is 0.857 bits per heavy atom. The van der Waals surface area contributed by atoms with E-state index in [0.29, 0.717) is 0 Å². The van der Waals surface area contributed by atoms with E-state index >= 15 is 0 Å². The van der Waals surface area contributed by atoms with Crippen molar-refractivity contribution in [1.29, 1.82) is 0 Å². The SMILES string of the molecule is OCC(F)(F)C(F)(F)C(F)(F)C(F)(F)C(F)(F)C(F)(F)Cl. The summed E-state index contributed by atoms with van der Waals surface area (Å²) < 4.78 is 150. The Labute approximate surface area is 112 Å². The van der Waals surface area contributed by atoms with Crippen LogP contribution in [0.2, 0.25) is 0 Å². The Kier molecular flexibility index (Phi) is 4.82. The molecule has 1 nitrogen and oxygen atoms in total. The first kappa shape index (κ1) is 20.4. The summed E-state index contributed by atoms with van der Waals surface area (Å²) in [6.45, 7) is -3.14. The van der Waals surface area contributed by atoms with E-state index in [2.05, 4.69) is 11.6 Å². The van der Waals surface area contributed by atoms with Crippen molar-refractivity contribution in [3.63, 3.8) is 0 Å². The van der Waals surface area contributed by atoms with Gasteiger partial charge in [0.05, 0.1) is 0 Å². The standard InChI is InChI=1S/C7H3ClF12O/c8-7(19,20)6(17,18)5(15,16)4(13,14)3(11,12)2(9,10)1-21/h21H,1H2. The third-order valence-electron chi connectivity index (χ3n) is 2.20. The van der Waals surface area contributed by atoms with Crippen LogP contribution in [0.25, 0.3) is 0 Å². The minimum atomic E-state index is -7.67. The summed E-state index contributed by atoms with van der Waals surface area (Å²) in [5.74, 6) is -36.2. The van der Waals surface area contributed by atoms with Gasteiger partial charge in [0.2, 0.25) is 0 Å². The average Bonchev–Trinajstić information content (AvgIpc) is 2.26. The van der Waals surface area contributed by atoms with Crippen LogP contribution in [0.1, 0.15) is 0 Å². The molecule has 0 aliphatic carbocycles. The largest absolute Gasteiger partial charge is 0.393 e. The lowest BCUT2D eigenvalue weighted by atomic mass is 9.94. The summed E-state index contributed by atoms with van der Waals surface area (Å²) in [5, 5.41) is 1.30. The number of halogens is 13. The molecule has 0 bridgehead atoms. The van der Waals surface area contributed by atoms with Gasteiger partial charge in [-0.25, -0.2) is 0 Å². The number of alkyl halides is 13. The molecule has 0 spiro atoms. The van der Waals surface area contributed by atoms with Crippen LogP contribution in [0, 0.1) is 0 Å². The van der Waals surface area contributed by atoms with E-state index in [1.165, 1.54) is 0 Å². The molecule has 0 aromatic carbocycles. The molecule has 128 valence electrons. The molecule has 0 aliphatic heterocycles. The lowest BCUT2D eigenvalue weighted by Gasteiger charge is -2.39. The summed E-state index contributed by atoms with van der Waals surface area (Å²) in [5.41, 5.74) is 0. The molecule has 0 atom stereocenters. The van der Waals surface area contributed by atoms with Gasteiger partial charge in [0.15, 0.2) is 0 Å². The molecular formula is C7H3ClF12O. The van der Waals surface area contributed by atoms with Gasteiger partial charge in [-0.05, 0) is 11.6 Å². The Morgan fingerprint density at radius 3 is 1.10 bits per heavy atom. The number of hydrogen-bond donors (Lipinski definition) is 1. The molecule has 0 saturated carbocycles. The fourth-order valence-corrected chi connectivity index (χ4v) is 1.02. The van der Waals surface area contributed by atoms with E-state index in [1.807, 2.05) is 0 Å². The Hall–Kier alpha value is -0.590. The van der Waals surface area contributed by atoms with Crippen molar-refractivity contribution >= 4 is 11.6 Å². The van der Waals surface area contributed by atoms with Gasteiger partial charge in [0.25, 0.3) is 0 Å². The van der Waals surface area contributed by atoms with Crippen molar-refractivity contribution in [2.75, 3.05) is 6.61 Å². The zero-order valence-electron chi connectivity index (χ0n) is 9.07. The molecule has 0 unspecified atom stereocenters. The van der Waals surface area contributed by atoms with Crippen LogP contribution in [-0.2, 0) is 0 Å². The molecule has 0 aromatic heterocycles. The number of rotatable bonds is 6. The molecule has 0 aromatic rings. The molecule has 0 aliphatic rings. The Bertz CT molecular complexity index is 386. The fourth-order valence-electron chi connectivity index (χ4n) is 0.901. The number of aliphatic hydroxyl groups excluding tert-OH is 1. The third-order valence-corrected chi connectivity index (χ3v) is 2.43. The lowest BCUT2D eigenvalue weighted by molar-refractivity contribution is -0.418. The van der Waals surface area contributed by atoms with Gasteiger partial charge in [-0.2, -0.15) is 52.7 Å². The van der Waals surface area contributed by atoms with Crippen LogP contribution in [0.4, 0.5) is 52.7 Å². The highest BCUT2D eigenvalue weighted by Crippen LogP contribution is 2.60. The maximum Gasteiger partial charge on any atom is 0.393 e. The van der Waals surface area contributed by atoms with Gasteiger partial charge in [-0.3, -0.25) is 0 Å². The summed E-state index contributed by atoms with van der Waals surface area (Å²) in [4.78, 5) is 0. The van der Waals surface area contributed by atoms with E-state index in [1.54, 1.807) is 0 Å². The normalized spacial score (nSPS) is 16.3. The Balaban J connectivity index is 6.14. The minimum Gasteiger partial charge on any atom is -0.390 e. The second kappa shape index (κ2) is 4.96. The van der Waals surface area contributed by atoms with Gasteiger partial charge in [0, 0.05) is 0 Å². The van der Waals surface area contributed by atoms with Crippen molar-refractivity contribution < 1.29 is 57.8 Å². The topological polar surface area (TPSA) is 20.2 Å². The quantitative estimate of drug-likeness (QED) is 0.557. The summed E-state index contributed by atoms with van der Waals surface area (Å²) >= 11 is 3.44. The monoisotopic (exact) mass is 366 g/mol. The maximum absolute atomic E-state index is 12.7. The highest BCUT2D eigenvalue weighted by molar-refractivity contribution is 6.22. The van der Waals surface area contributed by atoms with Crippen molar-refractivity contribution in [1.82, 2.24) is 0 Å². The maximum atomic E-state index is 12.7. The molecule has 14 heteroatoms. The van der Waals surface area contributed by atoms with E-state index in [9.17, 15) is 52.7 Å². The van der Waals surface area contributed by atoms with Crippen LogP contribution in [-0.4, -0.2) is 46.7 Å². The average molecular weight is 367 g/mol. The first-order valence-electron chi connectivity index (χ1n) is 4.38. The van der Waals surface area contributed by atoms with E-state index in [-0.39, 0.29) is 0 Å². The summed E-state index contributed by atoms with van der Waals surface area (Å²) in [6, 6.07) is 0. The first-order chi connectivity index (χ1) is 8.81. The van der Waals surface area contributed by atoms with Gasteiger partial charge in [-0.15, -0.1) is 0 Å². The number of hydrogen-bond acceptors (Lipinski definition) is 1. The van der Waals surface area contributed by atoms with Gasteiger partial charge in [0.1, 0.15) is 6.61 Å². The molecule has 0 radical (unpaired) electrons. The minimum absolute atomic E-state index is 3.14. The van der Waals surface area contributed by atoms with E-state index < -0.39 is 41.6 Å². The van der Waals surface area contributed by atoms with E-state index in [0.717, 1.165) is 0 Å². The molecule has 0 heterocycles. The predicted molar refractivity (Wildman–Crippen MR) is 42.6 cm³/mol. The second-order valence-electron chi connectivity index (χ2n) is 3.66. The van der Waals surface area contributed by atoms with Crippen molar-refractivity contribution in [2.24, 2.45) is 0 Å². The molecule has 0 saturated heterocycles. The van der Waals surface area contributed by atoms with E-state index in [4.69, 9.17) is 5.11 Å². The molecule has 0 amide bonds. The van der Waals surface area contributed by atoms with Gasteiger partial charge < -0.3 is 5.11 Å². The van der Waals surface area contributed by atoms with Crippen LogP contribution in [0.3, 0.4) is 0 Å². The molecule has 0 fully saturated rings. The molecular weight excluding hydrogens is 364 g/mol. The van der Waals surface area contributed by atoms with Crippen LogP contribution in [0.5, 0.6) is 0 Å². The van der Waals surface area contributed by atoms with Crippen LogP contribution in [0.15, 0.2) is 0 Å². The predicted octanol–water partition coefficient (Wildman–Crippen LogP) is 3.99. The van der Waals surface area contributed by atoms with Crippen molar-refractivity contribution in [3.8, 4) is 0 Å². The highest BCUT2D eigenvalue weighted by Gasteiger charge is 2.89.